The molecule has 2 atom stereocenters. The lowest BCUT2D eigenvalue weighted by Gasteiger charge is -2.22. The zero-order valence-electron chi connectivity index (χ0n) is 13.8. The van der Waals surface area contributed by atoms with Gasteiger partial charge in [0.15, 0.2) is 0 Å². The monoisotopic (exact) mass is 352 g/mol. The molecule has 1 amide bonds. The molecule has 24 heavy (non-hydrogen) atoms. The van der Waals surface area contributed by atoms with Crippen LogP contribution in [-0.2, 0) is 4.74 Å². The second kappa shape index (κ2) is 7.34. The number of halogens is 1. The maximum atomic E-state index is 11.6. The van der Waals surface area contributed by atoms with E-state index in [4.69, 9.17) is 16.3 Å². The number of carbonyl (C=O) groups is 1. The first-order valence-electron chi connectivity index (χ1n) is 7.54. The molecule has 0 bridgehead atoms. The summed E-state index contributed by atoms with van der Waals surface area (Å²) in [6.07, 6.45) is -1.50. The van der Waals surface area contributed by atoms with Crippen molar-refractivity contribution in [2.24, 2.45) is 0 Å². The van der Waals surface area contributed by atoms with E-state index in [0.29, 0.717) is 21.5 Å². The van der Waals surface area contributed by atoms with Crippen molar-refractivity contribution < 1.29 is 19.7 Å². The molecular formula is C17H21ClN2O4. The first-order chi connectivity index (χ1) is 11.2. The summed E-state index contributed by atoms with van der Waals surface area (Å²) in [5.74, 6) is 0. The maximum absolute atomic E-state index is 11.6. The van der Waals surface area contributed by atoms with Gasteiger partial charge in [0.05, 0.1) is 5.52 Å². The molecule has 1 aromatic heterocycles. The maximum Gasteiger partial charge on any atom is 0.407 e. The van der Waals surface area contributed by atoms with Crippen LogP contribution in [0.2, 0.25) is 5.02 Å². The molecule has 6 nitrogen and oxygen atoms in total. The largest absolute Gasteiger partial charge is 0.444 e. The summed E-state index contributed by atoms with van der Waals surface area (Å²) < 4.78 is 5.09. The van der Waals surface area contributed by atoms with Crippen molar-refractivity contribution in [3.8, 4) is 0 Å². The number of pyridine rings is 1. The molecular weight excluding hydrogens is 332 g/mol. The van der Waals surface area contributed by atoms with Crippen LogP contribution in [0.15, 0.2) is 30.5 Å². The van der Waals surface area contributed by atoms with Crippen molar-refractivity contribution in [3.05, 3.63) is 41.0 Å². The van der Waals surface area contributed by atoms with Crippen LogP contribution in [-0.4, -0.2) is 39.5 Å². The van der Waals surface area contributed by atoms with Crippen LogP contribution < -0.4 is 5.32 Å². The smallest absolute Gasteiger partial charge is 0.407 e. The number of aliphatic hydroxyl groups excluding tert-OH is 2. The molecule has 2 aromatic rings. The van der Waals surface area contributed by atoms with Crippen LogP contribution in [0.25, 0.3) is 10.9 Å². The lowest BCUT2D eigenvalue weighted by Crippen LogP contribution is -2.38. The molecule has 7 heteroatoms. The number of nitrogens with one attached hydrogen (secondary N) is 1. The van der Waals surface area contributed by atoms with Crippen LogP contribution in [0.5, 0.6) is 0 Å². The van der Waals surface area contributed by atoms with Gasteiger partial charge in [0.2, 0.25) is 0 Å². The summed E-state index contributed by atoms with van der Waals surface area (Å²) in [7, 11) is 0. The lowest BCUT2D eigenvalue weighted by atomic mass is 10.0. The van der Waals surface area contributed by atoms with E-state index in [1.165, 1.54) is 6.20 Å². The van der Waals surface area contributed by atoms with E-state index in [-0.39, 0.29) is 6.54 Å². The van der Waals surface area contributed by atoms with Gasteiger partial charge < -0.3 is 20.3 Å². The predicted octanol–water partition coefficient (Wildman–Crippen LogP) is 2.81. The molecule has 130 valence electrons. The second-order valence-electron chi connectivity index (χ2n) is 6.46. The van der Waals surface area contributed by atoms with Gasteiger partial charge in [-0.25, -0.2) is 4.79 Å². The fourth-order valence-electron chi connectivity index (χ4n) is 2.22. The third kappa shape index (κ3) is 4.80. The molecule has 2 rings (SSSR count). The Balaban J connectivity index is 2.08. The highest BCUT2D eigenvalue weighted by molar-refractivity contribution is 6.31. The minimum absolute atomic E-state index is 0.145. The Bertz CT molecular complexity index is 730. The van der Waals surface area contributed by atoms with Gasteiger partial charge >= 0.3 is 6.09 Å². The lowest BCUT2D eigenvalue weighted by molar-refractivity contribution is 0.0136. The number of ether oxygens (including phenoxy) is 1. The van der Waals surface area contributed by atoms with E-state index in [2.05, 4.69) is 10.3 Å². The van der Waals surface area contributed by atoms with E-state index in [9.17, 15) is 15.0 Å². The Kier molecular flexibility index (Phi) is 5.64. The Morgan fingerprint density at radius 2 is 2.04 bits per heavy atom. The minimum Gasteiger partial charge on any atom is -0.444 e. The van der Waals surface area contributed by atoms with Gasteiger partial charge in [0.1, 0.15) is 17.8 Å². The number of amides is 1. The number of nitrogens with zero attached hydrogens (tertiary/aromatic N) is 1. The van der Waals surface area contributed by atoms with Crippen LogP contribution in [0.4, 0.5) is 4.79 Å². The Morgan fingerprint density at radius 1 is 1.33 bits per heavy atom. The highest BCUT2D eigenvalue weighted by Gasteiger charge is 2.23. The average molecular weight is 353 g/mol. The predicted molar refractivity (Wildman–Crippen MR) is 92.0 cm³/mol. The van der Waals surface area contributed by atoms with Crippen LogP contribution in [0.3, 0.4) is 0 Å². The van der Waals surface area contributed by atoms with E-state index in [1.807, 2.05) is 0 Å². The zero-order chi connectivity index (χ0) is 17.9. The van der Waals surface area contributed by atoms with Crippen molar-refractivity contribution in [1.82, 2.24) is 10.3 Å². The van der Waals surface area contributed by atoms with Crippen LogP contribution in [0.1, 0.15) is 32.4 Å². The quantitative estimate of drug-likeness (QED) is 0.787. The van der Waals surface area contributed by atoms with Gasteiger partial charge in [-0.3, -0.25) is 4.98 Å². The number of hydrogen-bond donors (Lipinski definition) is 3. The summed E-state index contributed by atoms with van der Waals surface area (Å²) in [4.78, 5) is 15.8. The van der Waals surface area contributed by atoms with Crippen LogP contribution >= 0.6 is 11.6 Å². The number of benzene rings is 1. The average Bonchev–Trinajstić information content (AvgIpc) is 2.49. The summed E-state index contributed by atoms with van der Waals surface area (Å²) in [5, 5.41) is 24.2. The van der Waals surface area contributed by atoms with Crippen LogP contribution in [0, 0.1) is 0 Å². The van der Waals surface area contributed by atoms with Crippen molar-refractivity contribution in [2.75, 3.05) is 6.54 Å². The highest BCUT2D eigenvalue weighted by atomic mass is 35.5. The highest BCUT2D eigenvalue weighted by Crippen LogP contribution is 2.27. The molecule has 0 radical (unpaired) electrons. The second-order valence-corrected chi connectivity index (χ2v) is 6.89. The molecule has 0 saturated heterocycles. The molecule has 0 saturated carbocycles. The third-order valence-corrected chi connectivity index (χ3v) is 3.51. The molecule has 0 aliphatic heterocycles. The van der Waals surface area contributed by atoms with E-state index >= 15 is 0 Å². The fraction of sp³-hybridized carbons (Fsp3) is 0.412. The number of aliphatic hydroxyl groups is 2. The Hall–Kier alpha value is -1.89. The van der Waals surface area contributed by atoms with Gasteiger partial charge in [0.25, 0.3) is 0 Å². The van der Waals surface area contributed by atoms with Gasteiger partial charge in [-0.1, -0.05) is 17.7 Å². The number of fused-ring (bicyclic) bond motifs is 1. The molecule has 2 unspecified atom stereocenters. The molecule has 3 N–H and O–H groups in total. The van der Waals surface area contributed by atoms with E-state index in [0.717, 1.165) is 0 Å². The van der Waals surface area contributed by atoms with Crippen molar-refractivity contribution in [2.45, 2.75) is 38.6 Å². The van der Waals surface area contributed by atoms with Gasteiger partial charge in [-0.2, -0.15) is 0 Å². The normalized spacial score (nSPS) is 14.2. The first-order valence-corrected chi connectivity index (χ1v) is 7.92. The third-order valence-electron chi connectivity index (χ3n) is 3.28. The Labute approximate surface area is 145 Å². The fourth-order valence-corrected chi connectivity index (χ4v) is 2.39. The zero-order valence-corrected chi connectivity index (χ0v) is 14.5. The number of alkyl carbamates (subject to hydrolysis) is 1. The van der Waals surface area contributed by atoms with Gasteiger partial charge in [-0.15, -0.1) is 0 Å². The topological polar surface area (TPSA) is 91.7 Å². The van der Waals surface area contributed by atoms with Crippen molar-refractivity contribution in [3.63, 3.8) is 0 Å². The summed E-state index contributed by atoms with van der Waals surface area (Å²) in [6.45, 7) is 5.08. The summed E-state index contributed by atoms with van der Waals surface area (Å²) >= 11 is 5.94. The van der Waals surface area contributed by atoms with Gasteiger partial charge in [0, 0.05) is 23.2 Å². The van der Waals surface area contributed by atoms with E-state index < -0.39 is 23.9 Å². The molecule has 0 aliphatic rings. The van der Waals surface area contributed by atoms with Gasteiger partial charge in [-0.05, 0) is 44.5 Å². The molecule has 0 spiro atoms. The van der Waals surface area contributed by atoms with Crippen molar-refractivity contribution in [1.29, 1.82) is 0 Å². The molecule has 0 fully saturated rings. The first kappa shape index (κ1) is 18.4. The standard InChI is InChI=1S/C17H21ClN2O4/c1-17(2,3)24-16(23)20-9-14(21)15(22)12-6-7-19-13-8-10(18)4-5-11(12)13/h4-8,14-15,21-22H,9H2,1-3H3,(H,20,23). The number of carbonyl (C=O) groups excluding carboxylic acids is 1. The Morgan fingerprint density at radius 3 is 2.71 bits per heavy atom. The molecule has 0 aliphatic carbocycles. The van der Waals surface area contributed by atoms with Crippen molar-refractivity contribution >= 4 is 28.6 Å². The number of rotatable bonds is 4. The minimum atomic E-state index is -1.20. The number of hydrogen-bond acceptors (Lipinski definition) is 5. The number of aromatic nitrogens is 1. The summed E-state index contributed by atoms with van der Waals surface area (Å²) in [6, 6.07) is 6.72. The summed E-state index contributed by atoms with van der Waals surface area (Å²) in [5.41, 5.74) is 0.496. The SMILES string of the molecule is CC(C)(C)OC(=O)NCC(O)C(O)c1ccnc2cc(Cl)ccc12. The molecule has 1 heterocycles. The molecule has 1 aromatic carbocycles. The van der Waals surface area contributed by atoms with E-state index in [1.54, 1.807) is 45.0 Å².